The SMILES string of the molecule is CC(N)OC(=O)c1ccc(C(=O)OCCC(C)(C)C)cc1. The van der Waals surface area contributed by atoms with Gasteiger partial charge in [0, 0.05) is 0 Å². The maximum atomic E-state index is 11.8. The fraction of sp³-hybridized carbons (Fsp3) is 0.500. The van der Waals surface area contributed by atoms with Gasteiger partial charge in [-0.15, -0.1) is 0 Å². The first-order valence-electron chi connectivity index (χ1n) is 6.93. The van der Waals surface area contributed by atoms with Gasteiger partial charge in [0.15, 0.2) is 0 Å². The van der Waals surface area contributed by atoms with Crippen LogP contribution in [-0.2, 0) is 9.47 Å². The minimum Gasteiger partial charge on any atom is -0.462 e. The number of nitrogens with two attached hydrogens (primary N) is 1. The molecule has 0 bridgehead atoms. The molecule has 0 spiro atoms. The zero-order chi connectivity index (χ0) is 16.0. The predicted octanol–water partition coefficient (Wildman–Crippen LogP) is 2.74. The van der Waals surface area contributed by atoms with E-state index >= 15 is 0 Å². The van der Waals surface area contributed by atoms with E-state index in [1.165, 1.54) is 24.3 Å². The summed E-state index contributed by atoms with van der Waals surface area (Å²) in [5.41, 5.74) is 6.25. The zero-order valence-electron chi connectivity index (χ0n) is 13.0. The molecule has 1 aromatic rings. The molecule has 0 radical (unpaired) electrons. The molecular weight excluding hydrogens is 270 g/mol. The highest BCUT2D eigenvalue weighted by atomic mass is 16.6. The number of hydrogen-bond acceptors (Lipinski definition) is 5. The van der Waals surface area contributed by atoms with Gasteiger partial charge in [-0.1, -0.05) is 20.8 Å². The lowest BCUT2D eigenvalue weighted by Gasteiger charge is -2.17. The number of carbonyl (C=O) groups excluding carboxylic acids is 2. The van der Waals surface area contributed by atoms with Crippen molar-refractivity contribution in [2.45, 2.75) is 40.3 Å². The Morgan fingerprint density at radius 3 is 2.00 bits per heavy atom. The molecule has 5 heteroatoms. The predicted molar refractivity (Wildman–Crippen MR) is 79.9 cm³/mol. The second-order valence-electron chi connectivity index (χ2n) is 6.13. The summed E-state index contributed by atoms with van der Waals surface area (Å²) in [6.45, 7) is 8.19. The Hall–Kier alpha value is -1.88. The van der Waals surface area contributed by atoms with Crippen LogP contribution in [0, 0.1) is 5.41 Å². The van der Waals surface area contributed by atoms with Crippen LogP contribution < -0.4 is 5.73 Å². The molecule has 0 saturated heterocycles. The fourth-order valence-corrected chi connectivity index (χ4v) is 1.51. The van der Waals surface area contributed by atoms with Crippen molar-refractivity contribution in [2.75, 3.05) is 6.61 Å². The molecule has 116 valence electrons. The van der Waals surface area contributed by atoms with Crippen molar-refractivity contribution in [3.63, 3.8) is 0 Å². The molecule has 1 atom stereocenters. The Bertz CT molecular complexity index is 486. The van der Waals surface area contributed by atoms with Crippen LogP contribution in [0.1, 0.15) is 54.8 Å². The maximum Gasteiger partial charge on any atom is 0.339 e. The van der Waals surface area contributed by atoms with Gasteiger partial charge in [-0.25, -0.2) is 9.59 Å². The van der Waals surface area contributed by atoms with Gasteiger partial charge >= 0.3 is 11.9 Å². The van der Waals surface area contributed by atoms with Crippen LogP contribution in [-0.4, -0.2) is 24.8 Å². The molecule has 0 amide bonds. The number of benzene rings is 1. The summed E-state index contributed by atoms with van der Waals surface area (Å²) < 4.78 is 10.1. The highest BCUT2D eigenvalue weighted by Crippen LogP contribution is 2.18. The quantitative estimate of drug-likeness (QED) is 0.667. The summed E-state index contributed by atoms with van der Waals surface area (Å²) in [6.07, 6.45) is 0.122. The summed E-state index contributed by atoms with van der Waals surface area (Å²) in [7, 11) is 0. The van der Waals surface area contributed by atoms with E-state index in [0.717, 1.165) is 6.42 Å². The highest BCUT2D eigenvalue weighted by molar-refractivity contribution is 5.93. The lowest BCUT2D eigenvalue weighted by molar-refractivity contribution is 0.0353. The molecule has 1 aromatic carbocycles. The number of ether oxygens (including phenoxy) is 2. The van der Waals surface area contributed by atoms with Crippen LogP contribution in [0.3, 0.4) is 0 Å². The average molecular weight is 293 g/mol. The Balaban J connectivity index is 2.57. The van der Waals surface area contributed by atoms with E-state index in [2.05, 4.69) is 20.8 Å². The van der Waals surface area contributed by atoms with Crippen LogP contribution in [0.2, 0.25) is 0 Å². The Kier molecular flexibility index (Phi) is 5.90. The molecule has 5 nitrogen and oxygen atoms in total. The monoisotopic (exact) mass is 293 g/mol. The average Bonchev–Trinajstić information content (AvgIpc) is 2.36. The molecule has 0 heterocycles. The van der Waals surface area contributed by atoms with Gasteiger partial charge in [0.25, 0.3) is 0 Å². The van der Waals surface area contributed by atoms with Gasteiger partial charge in [-0.05, 0) is 43.0 Å². The lowest BCUT2D eigenvalue weighted by Crippen LogP contribution is -2.23. The minimum absolute atomic E-state index is 0.118. The Morgan fingerprint density at radius 2 is 1.57 bits per heavy atom. The number of esters is 2. The smallest absolute Gasteiger partial charge is 0.339 e. The second-order valence-corrected chi connectivity index (χ2v) is 6.13. The van der Waals surface area contributed by atoms with Crippen molar-refractivity contribution in [3.05, 3.63) is 35.4 Å². The molecule has 0 aromatic heterocycles. The second kappa shape index (κ2) is 7.22. The first-order chi connectivity index (χ1) is 9.69. The van der Waals surface area contributed by atoms with Crippen molar-refractivity contribution in [3.8, 4) is 0 Å². The summed E-state index contributed by atoms with van der Waals surface area (Å²) in [6, 6.07) is 6.12. The van der Waals surface area contributed by atoms with Crippen LogP contribution in [0.4, 0.5) is 0 Å². The number of hydrogen-bond donors (Lipinski definition) is 1. The van der Waals surface area contributed by atoms with Gasteiger partial charge in [0.1, 0.15) is 6.23 Å². The molecule has 1 unspecified atom stereocenters. The maximum absolute atomic E-state index is 11.8. The summed E-state index contributed by atoms with van der Waals surface area (Å²) in [5.74, 6) is -0.913. The van der Waals surface area contributed by atoms with E-state index in [0.29, 0.717) is 17.7 Å². The van der Waals surface area contributed by atoms with Crippen molar-refractivity contribution >= 4 is 11.9 Å². The molecule has 21 heavy (non-hydrogen) atoms. The van der Waals surface area contributed by atoms with Crippen LogP contribution >= 0.6 is 0 Å². The van der Waals surface area contributed by atoms with E-state index in [9.17, 15) is 9.59 Å². The lowest BCUT2D eigenvalue weighted by atomic mass is 9.93. The van der Waals surface area contributed by atoms with Crippen molar-refractivity contribution in [2.24, 2.45) is 11.1 Å². The zero-order valence-corrected chi connectivity index (χ0v) is 13.0. The number of rotatable bonds is 5. The van der Waals surface area contributed by atoms with Crippen LogP contribution in [0.5, 0.6) is 0 Å². The van der Waals surface area contributed by atoms with Crippen molar-refractivity contribution in [1.29, 1.82) is 0 Å². The van der Waals surface area contributed by atoms with E-state index < -0.39 is 18.2 Å². The summed E-state index contributed by atoms with van der Waals surface area (Å²) >= 11 is 0. The molecule has 2 N–H and O–H groups in total. The minimum atomic E-state index is -0.667. The molecule has 0 aliphatic carbocycles. The molecule has 0 saturated carbocycles. The summed E-state index contributed by atoms with van der Waals surface area (Å²) in [4.78, 5) is 23.4. The fourth-order valence-electron chi connectivity index (χ4n) is 1.51. The molecular formula is C16H23NO4. The third-order valence-corrected chi connectivity index (χ3v) is 2.73. The Labute approximate surface area is 125 Å². The molecule has 0 aliphatic rings. The van der Waals surface area contributed by atoms with E-state index in [1.807, 2.05) is 0 Å². The molecule has 0 fully saturated rings. The first-order valence-corrected chi connectivity index (χ1v) is 6.93. The van der Waals surface area contributed by atoms with Gasteiger partial charge in [0.05, 0.1) is 17.7 Å². The molecule has 0 aliphatic heterocycles. The number of carbonyl (C=O) groups is 2. The van der Waals surface area contributed by atoms with E-state index in [-0.39, 0.29) is 5.41 Å². The van der Waals surface area contributed by atoms with Crippen molar-refractivity contribution < 1.29 is 19.1 Å². The summed E-state index contributed by atoms with van der Waals surface area (Å²) in [5, 5.41) is 0. The third-order valence-electron chi connectivity index (χ3n) is 2.73. The van der Waals surface area contributed by atoms with Gasteiger partial charge in [-0.3, -0.25) is 5.73 Å². The Morgan fingerprint density at radius 1 is 1.10 bits per heavy atom. The van der Waals surface area contributed by atoms with Gasteiger partial charge in [-0.2, -0.15) is 0 Å². The standard InChI is InChI=1S/C16H23NO4/c1-11(17)21-15(19)13-7-5-12(6-8-13)14(18)20-10-9-16(2,3)4/h5-8,11H,9-10,17H2,1-4H3. The first kappa shape index (κ1) is 17.2. The largest absolute Gasteiger partial charge is 0.462 e. The highest BCUT2D eigenvalue weighted by Gasteiger charge is 2.14. The van der Waals surface area contributed by atoms with E-state index in [1.54, 1.807) is 6.92 Å². The molecule has 1 rings (SSSR count). The van der Waals surface area contributed by atoms with Crippen molar-refractivity contribution in [1.82, 2.24) is 0 Å². The van der Waals surface area contributed by atoms with Crippen LogP contribution in [0.25, 0.3) is 0 Å². The third kappa shape index (κ3) is 6.40. The normalized spacial score (nSPS) is 12.6. The van der Waals surface area contributed by atoms with Gasteiger partial charge < -0.3 is 9.47 Å². The van der Waals surface area contributed by atoms with Crippen LogP contribution in [0.15, 0.2) is 24.3 Å². The van der Waals surface area contributed by atoms with E-state index in [4.69, 9.17) is 15.2 Å². The topological polar surface area (TPSA) is 78.6 Å². The van der Waals surface area contributed by atoms with Gasteiger partial charge in [0.2, 0.25) is 0 Å².